The van der Waals surface area contributed by atoms with Crippen LogP contribution in [0.25, 0.3) is 11.5 Å². The van der Waals surface area contributed by atoms with Crippen molar-refractivity contribution in [1.29, 1.82) is 0 Å². The van der Waals surface area contributed by atoms with E-state index in [-0.39, 0.29) is 18.2 Å². The number of hydrogen-bond acceptors (Lipinski definition) is 5. The summed E-state index contributed by atoms with van der Waals surface area (Å²) in [4.78, 5) is 4.07. The molecule has 0 bridgehead atoms. The smallest absolute Gasteiger partial charge is 0.261 e. The maximum Gasteiger partial charge on any atom is 0.261 e. The molecule has 0 radical (unpaired) electrons. The number of phenolic OH excluding ortho intramolecular Hbond substituents is 1. The fourth-order valence-electron chi connectivity index (χ4n) is 1.40. The molecule has 1 heterocycles. The minimum absolute atomic E-state index is 0.0290. The first-order valence-corrected chi connectivity index (χ1v) is 4.94. The van der Waals surface area contributed by atoms with Crippen molar-refractivity contribution in [1.82, 2.24) is 10.1 Å². The Labute approximate surface area is 92.4 Å². The summed E-state index contributed by atoms with van der Waals surface area (Å²) in [7, 11) is 0. The molecule has 2 N–H and O–H groups in total. The van der Waals surface area contributed by atoms with E-state index < -0.39 is 0 Å². The molecule has 2 rings (SSSR count). The van der Waals surface area contributed by atoms with E-state index in [0.717, 1.165) is 5.56 Å². The van der Waals surface area contributed by atoms with Gasteiger partial charge in [0.25, 0.3) is 5.89 Å². The van der Waals surface area contributed by atoms with Gasteiger partial charge in [0, 0.05) is 6.42 Å². The van der Waals surface area contributed by atoms with Crippen LogP contribution in [0.1, 0.15) is 11.4 Å². The Morgan fingerprint density at radius 3 is 2.94 bits per heavy atom. The Morgan fingerprint density at radius 2 is 2.19 bits per heavy atom. The van der Waals surface area contributed by atoms with E-state index in [4.69, 9.17) is 9.63 Å². The van der Waals surface area contributed by atoms with Crippen LogP contribution in [0.3, 0.4) is 0 Å². The zero-order valence-electron chi connectivity index (χ0n) is 8.84. The van der Waals surface area contributed by atoms with Gasteiger partial charge in [-0.05, 0) is 18.6 Å². The quantitative estimate of drug-likeness (QED) is 0.814. The van der Waals surface area contributed by atoms with E-state index in [2.05, 4.69) is 10.1 Å². The van der Waals surface area contributed by atoms with Crippen molar-refractivity contribution in [3.63, 3.8) is 0 Å². The van der Waals surface area contributed by atoms with E-state index in [1.54, 1.807) is 25.1 Å². The van der Waals surface area contributed by atoms with Crippen LogP contribution in [0, 0.1) is 6.92 Å². The largest absolute Gasteiger partial charge is 0.507 e. The van der Waals surface area contributed by atoms with Crippen molar-refractivity contribution in [2.45, 2.75) is 13.3 Å². The Hall–Kier alpha value is -1.88. The van der Waals surface area contributed by atoms with Gasteiger partial charge < -0.3 is 14.7 Å². The molecule has 0 fully saturated rings. The molecule has 0 aliphatic heterocycles. The fraction of sp³-hybridized carbons (Fsp3) is 0.273. The maximum atomic E-state index is 9.81. The predicted octanol–water partition coefficient (Wildman–Crippen LogP) is 1.29. The fourth-order valence-corrected chi connectivity index (χ4v) is 1.40. The summed E-state index contributed by atoms with van der Waals surface area (Å²) in [5.74, 6) is 0.838. The van der Waals surface area contributed by atoms with Crippen LogP contribution in [-0.2, 0) is 6.42 Å². The van der Waals surface area contributed by atoms with Gasteiger partial charge in [-0.15, -0.1) is 0 Å². The number of aromatic nitrogens is 2. The minimum Gasteiger partial charge on any atom is -0.507 e. The molecule has 0 amide bonds. The second-order valence-corrected chi connectivity index (χ2v) is 3.46. The summed E-state index contributed by atoms with van der Waals surface area (Å²) in [6.07, 6.45) is 0.343. The highest BCUT2D eigenvalue weighted by molar-refractivity contribution is 5.64. The van der Waals surface area contributed by atoms with Gasteiger partial charge in [0.2, 0.25) is 0 Å². The van der Waals surface area contributed by atoms with Crippen molar-refractivity contribution in [3.8, 4) is 17.2 Å². The molecule has 0 atom stereocenters. The van der Waals surface area contributed by atoms with Gasteiger partial charge in [-0.3, -0.25) is 0 Å². The van der Waals surface area contributed by atoms with Gasteiger partial charge in [-0.25, -0.2) is 0 Å². The van der Waals surface area contributed by atoms with Crippen LogP contribution >= 0.6 is 0 Å². The molecule has 0 spiro atoms. The van der Waals surface area contributed by atoms with Crippen LogP contribution in [-0.4, -0.2) is 27.0 Å². The first-order chi connectivity index (χ1) is 7.72. The number of benzene rings is 1. The van der Waals surface area contributed by atoms with Crippen LogP contribution in [0.15, 0.2) is 22.7 Å². The summed E-state index contributed by atoms with van der Waals surface area (Å²) in [5, 5.41) is 22.2. The molecule has 16 heavy (non-hydrogen) atoms. The van der Waals surface area contributed by atoms with E-state index in [9.17, 15) is 5.11 Å². The molecule has 5 heteroatoms. The lowest BCUT2D eigenvalue weighted by molar-refractivity contribution is 0.293. The Balaban J connectivity index is 2.39. The number of aryl methyl sites for hydroxylation is 1. The van der Waals surface area contributed by atoms with Crippen molar-refractivity contribution in [2.75, 3.05) is 6.61 Å². The lowest BCUT2D eigenvalue weighted by atomic mass is 10.1. The lowest BCUT2D eigenvalue weighted by Gasteiger charge is -2.01. The van der Waals surface area contributed by atoms with Crippen LogP contribution < -0.4 is 0 Å². The normalized spacial score (nSPS) is 10.6. The monoisotopic (exact) mass is 220 g/mol. The topological polar surface area (TPSA) is 79.4 Å². The van der Waals surface area contributed by atoms with Gasteiger partial charge in [-0.2, -0.15) is 4.98 Å². The lowest BCUT2D eigenvalue weighted by Crippen LogP contribution is -1.92. The summed E-state index contributed by atoms with van der Waals surface area (Å²) < 4.78 is 5.01. The number of rotatable bonds is 3. The van der Waals surface area contributed by atoms with E-state index in [1.807, 2.05) is 0 Å². The summed E-state index contributed by atoms with van der Waals surface area (Å²) >= 11 is 0. The predicted molar refractivity (Wildman–Crippen MR) is 56.9 cm³/mol. The third-order valence-electron chi connectivity index (χ3n) is 2.27. The van der Waals surface area contributed by atoms with Gasteiger partial charge in [-0.1, -0.05) is 17.3 Å². The summed E-state index contributed by atoms with van der Waals surface area (Å²) in [5.41, 5.74) is 1.26. The standard InChI is InChI=1S/C11H12N2O3/c1-7-3-2-4-8(10(7)15)11-12-9(5-6-14)13-16-11/h2-4,14-15H,5-6H2,1H3. The van der Waals surface area contributed by atoms with Gasteiger partial charge in [0.15, 0.2) is 5.82 Å². The molecule has 0 aliphatic rings. The van der Waals surface area contributed by atoms with Crippen LogP contribution in [0.5, 0.6) is 5.75 Å². The molecular formula is C11H12N2O3. The number of aliphatic hydroxyl groups is 1. The van der Waals surface area contributed by atoms with Crippen LogP contribution in [0.2, 0.25) is 0 Å². The average Bonchev–Trinajstić information content (AvgIpc) is 2.71. The minimum atomic E-state index is -0.0290. The maximum absolute atomic E-state index is 9.81. The highest BCUT2D eigenvalue weighted by atomic mass is 16.5. The summed E-state index contributed by atoms with van der Waals surface area (Å²) in [6, 6.07) is 5.31. The second kappa shape index (κ2) is 4.32. The molecular weight excluding hydrogens is 208 g/mol. The Bertz CT molecular complexity index is 494. The van der Waals surface area contributed by atoms with E-state index >= 15 is 0 Å². The number of para-hydroxylation sites is 1. The summed E-state index contributed by atoms with van der Waals surface area (Å²) in [6.45, 7) is 1.77. The molecule has 0 unspecified atom stereocenters. The number of hydrogen-bond donors (Lipinski definition) is 2. The highest BCUT2D eigenvalue weighted by Gasteiger charge is 2.13. The van der Waals surface area contributed by atoms with E-state index in [0.29, 0.717) is 17.8 Å². The Kier molecular flexibility index (Phi) is 2.87. The molecule has 0 saturated heterocycles. The molecule has 0 aliphatic carbocycles. The number of aromatic hydroxyl groups is 1. The highest BCUT2D eigenvalue weighted by Crippen LogP contribution is 2.30. The zero-order valence-corrected chi connectivity index (χ0v) is 8.84. The van der Waals surface area contributed by atoms with Crippen LogP contribution in [0.4, 0.5) is 0 Å². The van der Waals surface area contributed by atoms with Crippen molar-refractivity contribution < 1.29 is 14.7 Å². The first-order valence-electron chi connectivity index (χ1n) is 4.94. The second-order valence-electron chi connectivity index (χ2n) is 3.46. The number of phenols is 1. The molecule has 1 aromatic carbocycles. The number of aliphatic hydroxyl groups excluding tert-OH is 1. The van der Waals surface area contributed by atoms with Crippen molar-refractivity contribution >= 4 is 0 Å². The van der Waals surface area contributed by atoms with Gasteiger partial charge >= 0.3 is 0 Å². The molecule has 1 aromatic heterocycles. The average molecular weight is 220 g/mol. The third kappa shape index (κ3) is 1.90. The zero-order chi connectivity index (χ0) is 11.5. The number of nitrogens with zero attached hydrogens (tertiary/aromatic N) is 2. The van der Waals surface area contributed by atoms with Crippen molar-refractivity contribution in [3.05, 3.63) is 29.6 Å². The van der Waals surface area contributed by atoms with Crippen molar-refractivity contribution in [2.24, 2.45) is 0 Å². The molecule has 5 nitrogen and oxygen atoms in total. The van der Waals surface area contributed by atoms with Gasteiger partial charge in [0.05, 0.1) is 12.2 Å². The first kappa shape index (κ1) is 10.6. The Morgan fingerprint density at radius 1 is 1.38 bits per heavy atom. The molecule has 0 saturated carbocycles. The van der Waals surface area contributed by atoms with E-state index in [1.165, 1.54) is 0 Å². The SMILES string of the molecule is Cc1cccc(-c2nc(CCO)no2)c1O. The molecule has 2 aromatic rings. The third-order valence-corrected chi connectivity index (χ3v) is 2.27. The van der Waals surface area contributed by atoms with Gasteiger partial charge in [0.1, 0.15) is 5.75 Å². The molecule has 84 valence electrons.